The summed E-state index contributed by atoms with van der Waals surface area (Å²) < 4.78 is 5.42. The average Bonchev–Trinajstić information content (AvgIpc) is 2.66. The van der Waals surface area contributed by atoms with Crippen LogP contribution < -0.4 is 0 Å². The molecule has 0 aliphatic heterocycles. The summed E-state index contributed by atoms with van der Waals surface area (Å²) >= 11 is 0. The number of fused-ring (bicyclic) bond motifs is 1. The fourth-order valence-corrected chi connectivity index (χ4v) is 6.00. The van der Waals surface area contributed by atoms with Gasteiger partial charge in [-0.1, -0.05) is 46.3 Å². The highest BCUT2D eigenvalue weighted by Gasteiger charge is 2.57. The summed E-state index contributed by atoms with van der Waals surface area (Å²) in [4.78, 5) is 23.9. The topological polar surface area (TPSA) is 63.6 Å². The van der Waals surface area contributed by atoms with Crippen LogP contribution in [0.2, 0.25) is 0 Å². The number of aliphatic carboxylic acids is 1. The normalized spacial score (nSPS) is 34.2. The van der Waals surface area contributed by atoms with Crippen LogP contribution in [-0.4, -0.2) is 23.7 Å². The van der Waals surface area contributed by atoms with Gasteiger partial charge in [0.15, 0.2) is 0 Å². The molecule has 4 heteroatoms. The van der Waals surface area contributed by atoms with Crippen molar-refractivity contribution in [3.05, 3.63) is 12.2 Å². The highest BCUT2D eigenvalue weighted by atomic mass is 16.5. The number of carboxylic acids is 1. The van der Waals surface area contributed by atoms with Gasteiger partial charge >= 0.3 is 11.9 Å². The van der Waals surface area contributed by atoms with Crippen LogP contribution in [0.3, 0.4) is 0 Å². The summed E-state index contributed by atoms with van der Waals surface area (Å²) in [5.41, 5.74) is 0.736. The molecule has 0 radical (unpaired) electrons. The van der Waals surface area contributed by atoms with Gasteiger partial charge in [0.1, 0.15) is 0 Å². The lowest BCUT2D eigenvalue weighted by molar-refractivity contribution is -0.164. The van der Waals surface area contributed by atoms with Gasteiger partial charge < -0.3 is 9.84 Å². The quantitative estimate of drug-likeness (QED) is 0.363. The Kier molecular flexibility index (Phi) is 7.98. The van der Waals surface area contributed by atoms with Crippen LogP contribution in [0.15, 0.2) is 12.2 Å². The molecule has 2 rings (SSSR count). The Hall–Kier alpha value is -1.32. The number of ether oxygens (including phenoxy) is 1. The summed E-state index contributed by atoms with van der Waals surface area (Å²) in [6, 6.07) is 0. The van der Waals surface area contributed by atoms with Crippen LogP contribution in [0.4, 0.5) is 0 Å². The molecule has 0 heterocycles. The van der Waals surface area contributed by atoms with Crippen molar-refractivity contribution in [3.63, 3.8) is 0 Å². The van der Waals surface area contributed by atoms with Crippen molar-refractivity contribution in [2.45, 2.75) is 92.4 Å². The third-order valence-corrected chi connectivity index (χ3v) is 8.33. The van der Waals surface area contributed by atoms with Gasteiger partial charge in [0, 0.05) is 0 Å². The molecule has 0 amide bonds. The highest BCUT2D eigenvalue weighted by Crippen LogP contribution is 2.62. The third kappa shape index (κ3) is 5.06. The lowest BCUT2D eigenvalue weighted by atomic mass is 9.46. The average molecular weight is 407 g/mol. The lowest BCUT2D eigenvalue weighted by Gasteiger charge is -2.57. The molecule has 0 aromatic rings. The van der Waals surface area contributed by atoms with Gasteiger partial charge in [-0.3, -0.25) is 9.59 Å². The molecule has 0 aromatic carbocycles. The number of hydrogen-bond acceptors (Lipinski definition) is 3. The Morgan fingerprint density at radius 2 is 1.93 bits per heavy atom. The third-order valence-electron chi connectivity index (χ3n) is 8.33. The van der Waals surface area contributed by atoms with Crippen LogP contribution in [0, 0.1) is 34.5 Å². The van der Waals surface area contributed by atoms with E-state index in [-0.39, 0.29) is 23.2 Å². The van der Waals surface area contributed by atoms with E-state index in [9.17, 15) is 14.7 Å². The summed E-state index contributed by atoms with van der Waals surface area (Å²) in [7, 11) is 0. The zero-order valence-electron chi connectivity index (χ0n) is 19.3. The minimum Gasteiger partial charge on any atom is -0.481 e. The van der Waals surface area contributed by atoms with Crippen molar-refractivity contribution in [1.29, 1.82) is 0 Å². The monoisotopic (exact) mass is 406 g/mol. The Balaban J connectivity index is 1.96. The molecule has 0 aromatic heterocycles. The van der Waals surface area contributed by atoms with E-state index in [0.717, 1.165) is 57.8 Å². The van der Waals surface area contributed by atoms with Crippen molar-refractivity contribution in [2.24, 2.45) is 34.5 Å². The van der Waals surface area contributed by atoms with Crippen LogP contribution in [0.1, 0.15) is 92.4 Å². The molecule has 0 unspecified atom stereocenters. The second kappa shape index (κ2) is 9.66. The number of allylic oxidation sites excluding steroid dienone is 1. The van der Waals surface area contributed by atoms with Gasteiger partial charge in [0.05, 0.1) is 17.9 Å². The fraction of sp³-hybridized carbons (Fsp3) is 0.840. The predicted molar refractivity (Wildman–Crippen MR) is 116 cm³/mol. The van der Waals surface area contributed by atoms with Gasteiger partial charge in [0.25, 0.3) is 0 Å². The van der Waals surface area contributed by atoms with E-state index in [1.54, 1.807) is 0 Å². The molecule has 0 saturated heterocycles. The minimum absolute atomic E-state index is 0.0254. The van der Waals surface area contributed by atoms with Gasteiger partial charge in [-0.15, -0.1) is 0 Å². The lowest BCUT2D eigenvalue weighted by Crippen LogP contribution is -2.53. The smallest absolute Gasteiger partial charge is 0.309 e. The maximum absolute atomic E-state index is 12.1. The van der Waals surface area contributed by atoms with E-state index >= 15 is 0 Å². The fourth-order valence-electron chi connectivity index (χ4n) is 6.00. The van der Waals surface area contributed by atoms with E-state index in [1.165, 1.54) is 5.57 Å². The Morgan fingerprint density at radius 3 is 2.55 bits per heavy atom. The van der Waals surface area contributed by atoms with E-state index in [1.807, 2.05) is 20.8 Å². The zero-order chi connectivity index (χ0) is 21.8. The minimum atomic E-state index is -0.629. The molecule has 2 saturated carbocycles. The van der Waals surface area contributed by atoms with E-state index < -0.39 is 11.4 Å². The maximum atomic E-state index is 12.1. The maximum Gasteiger partial charge on any atom is 0.309 e. The van der Waals surface area contributed by atoms with Crippen molar-refractivity contribution < 1.29 is 19.4 Å². The molecule has 2 aliphatic carbocycles. The molecule has 6 atom stereocenters. The summed E-state index contributed by atoms with van der Waals surface area (Å²) in [5, 5.41) is 9.96. The first-order valence-electron chi connectivity index (χ1n) is 11.6. The molecular weight excluding hydrogens is 364 g/mol. The van der Waals surface area contributed by atoms with E-state index in [4.69, 9.17) is 4.74 Å². The number of hydrogen-bond donors (Lipinski definition) is 1. The second-order valence-electron chi connectivity index (χ2n) is 10.3. The van der Waals surface area contributed by atoms with Gasteiger partial charge in [0.2, 0.25) is 0 Å². The van der Waals surface area contributed by atoms with E-state index in [2.05, 4.69) is 20.4 Å². The van der Waals surface area contributed by atoms with Crippen LogP contribution in [-0.2, 0) is 14.3 Å². The first-order chi connectivity index (χ1) is 13.6. The highest BCUT2D eigenvalue weighted by molar-refractivity contribution is 5.75. The summed E-state index contributed by atoms with van der Waals surface area (Å²) in [6.07, 6.45) is 8.61. The Morgan fingerprint density at radius 1 is 1.24 bits per heavy atom. The van der Waals surface area contributed by atoms with Crippen molar-refractivity contribution in [2.75, 3.05) is 6.61 Å². The number of carboxylic acid groups (broad SMARTS) is 1. The van der Waals surface area contributed by atoms with Gasteiger partial charge in [-0.05, 0) is 81.5 Å². The van der Waals surface area contributed by atoms with Crippen molar-refractivity contribution >= 4 is 11.9 Å². The number of carbonyl (C=O) groups is 2. The standard InChI is InChI=1S/C25H42O4/c1-7-18(3)22(26)29-16-13-17(2)9-11-20-19(4)10-12-21-24(20,5)14-8-15-25(21,6)23(27)28/h17-18,20-21H,4,7-16H2,1-3,5-6H3,(H,27,28)/t17-,18-,20-,21+,24+,25-/m1/s1. The first kappa shape index (κ1) is 24.0. The zero-order valence-corrected chi connectivity index (χ0v) is 19.3. The van der Waals surface area contributed by atoms with Crippen molar-refractivity contribution in [1.82, 2.24) is 0 Å². The largest absolute Gasteiger partial charge is 0.481 e. The molecule has 1 N–H and O–H groups in total. The molecule has 0 spiro atoms. The second-order valence-corrected chi connectivity index (χ2v) is 10.3. The predicted octanol–water partition coefficient (Wildman–Crippen LogP) is 6.25. The molecular formula is C25H42O4. The van der Waals surface area contributed by atoms with E-state index in [0.29, 0.717) is 18.4 Å². The first-order valence-corrected chi connectivity index (χ1v) is 11.6. The van der Waals surface area contributed by atoms with Gasteiger partial charge in [-0.2, -0.15) is 0 Å². The van der Waals surface area contributed by atoms with Crippen LogP contribution in [0.5, 0.6) is 0 Å². The molecule has 4 nitrogen and oxygen atoms in total. The SMILES string of the molecule is C=C1CC[C@H]2[C@@](C)(CCC[C@@]2(C)C(=O)O)[C@@H]1CC[C@@H](C)CCOC(=O)[C@H](C)CC. The van der Waals surface area contributed by atoms with Crippen LogP contribution >= 0.6 is 0 Å². The number of carbonyl (C=O) groups excluding carboxylic acids is 1. The molecule has 166 valence electrons. The number of esters is 1. The molecule has 29 heavy (non-hydrogen) atoms. The van der Waals surface area contributed by atoms with Gasteiger partial charge in [-0.25, -0.2) is 0 Å². The van der Waals surface area contributed by atoms with Crippen molar-refractivity contribution in [3.8, 4) is 0 Å². The number of rotatable bonds is 9. The van der Waals surface area contributed by atoms with Crippen LogP contribution in [0.25, 0.3) is 0 Å². The molecule has 0 bridgehead atoms. The Labute approximate surface area is 177 Å². The molecule has 2 aliphatic rings. The Bertz CT molecular complexity index is 612. The summed E-state index contributed by atoms with van der Waals surface area (Å²) in [6.45, 7) is 15.3. The molecule has 2 fully saturated rings. The summed E-state index contributed by atoms with van der Waals surface area (Å²) in [5.74, 6) is 0.351.